The minimum absolute atomic E-state index is 0.0456. The predicted molar refractivity (Wildman–Crippen MR) is 110 cm³/mol. The lowest BCUT2D eigenvalue weighted by atomic mass is 10.1. The van der Waals surface area contributed by atoms with Crippen LogP contribution >= 0.6 is 0 Å². The molecule has 1 fully saturated rings. The zero-order valence-electron chi connectivity index (χ0n) is 16.5. The Balaban J connectivity index is 1.70. The third-order valence-corrected chi connectivity index (χ3v) is 5.76. The topological polar surface area (TPSA) is 63.7 Å². The van der Waals surface area contributed by atoms with Crippen LogP contribution in [0.4, 0.5) is 0 Å². The largest absolute Gasteiger partial charge is 0.383 e. The molecule has 0 N–H and O–H groups in total. The second-order valence-electron chi connectivity index (χ2n) is 7.51. The minimum atomic E-state index is -3.54. The monoisotopic (exact) mass is 401 g/mol. The van der Waals surface area contributed by atoms with E-state index in [0.717, 1.165) is 24.7 Å². The maximum absolute atomic E-state index is 13.2. The van der Waals surface area contributed by atoms with Gasteiger partial charge in [0.25, 0.3) is 0 Å². The van der Waals surface area contributed by atoms with Crippen LogP contribution in [-0.2, 0) is 21.5 Å². The molecule has 1 aliphatic carbocycles. The standard InChI is InChI=1S/C22H27NO4S/c1-4-16(2)23(15-17-10-12-19(13-11-17)27-28(3,25)26)22(24)21-14-20(21)18-8-6-5-7-9-18/h5-13,16,20-21H,4,14-15H2,1-3H3/t16-,20+,21-/m1/s1. The molecule has 1 amide bonds. The van der Waals surface area contributed by atoms with Crippen molar-refractivity contribution >= 4 is 16.0 Å². The van der Waals surface area contributed by atoms with E-state index in [2.05, 4.69) is 26.0 Å². The number of carbonyl (C=O) groups excluding carboxylic acids is 1. The average molecular weight is 402 g/mol. The van der Waals surface area contributed by atoms with Gasteiger partial charge in [0.2, 0.25) is 5.91 Å². The number of amides is 1. The van der Waals surface area contributed by atoms with Gasteiger partial charge in [0.05, 0.1) is 6.26 Å². The van der Waals surface area contributed by atoms with Crippen LogP contribution in [0.2, 0.25) is 0 Å². The Morgan fingerprint density at radius 2 is 1.79 bits per heavy atom. The van der Waals surface area contributed by atoms with Crippen molar-refractivity contribution in [1.29, 1.82) is 0 Å². The average Bonchev–Trinajstić information content (AvgIpc) is 3.47. The van der Waals surface area contributed by atoms with E-state index >= 15 is 0 Å². The van der Waals surface area contributed by atoms with Crippen molar-refractivity contribution in [2.24, 2.45) is 5.92 Å². The summed E-state index contributed by atoms with van der Waals surface area (Å²) < 4.78 is 27.4. The Bertz CT molecular complexity index is 909. The van der Waals surface area contributed by atoms with Gasteiger partial charge in [-0.05, 0) is 48.9 Å². The van der Waals surface area contributed by atoms with E-state index < -0.39 is 10.1 Å². The van der Waals surface area contributed by atoms with Gasteiger partial charge in [0.1, 0.15) is 5.75 Å². The van der Waals surface area contributed by atoms with Crippen LogP contribution < -0.4 is 4.18 Å². The maximum Gasteiger partial charge on any atom is 0.306 e. The number of benzene rings is 2. The molecule has 28 heavy (non-hydrogen) atoms. The van der Waals surface area contributed by atoms with Crippen LogP contribution in [-0.4, -0.2) is 31.5 Å². The van der Waals surface area contributed by atoms with E-state index in [9.17, 15) is 13.2 Å². The molecule has 0 aromatic heterocycles. The molecule has 0 unspecified atom stereocenters. The van der Waals surface area contributed by atoms with Crippen LogP contribution in [0.5, 0.6) is 5.75 Å². The van der Waals surface area contributed by atoms with Crippen LogP contribution in [0.15, 0.2) is 54.6 Å². The maximum atomic E-state index is 13.2. The van der Waals surface area contributed by atoms with Crippen molar-refractivity contribution in [3.63, 3.8) is 0 Å². The SMILES string of the molecule is CC[C@@H](C)N(Cc1ccc(OS(C)(=O)=O)cc1)C(=O)[C@@H]1C[C@H]1c1ccccc1. The van der Waals surface area contributed by atoms with E-state index in [1.54, 1.807) is 12.1 Å². The summed E-state index contributed by atoms with van der Waals surface area (Å²) in [4.78, 5) is 15.1. The molecule has 6 heteroatoms. The molecule has 1 saturated carbocycles. The number of hydrogen-bond donors (Lipinski definition) is 0. The highest BCUT2D eigenvalue weighted by Gasteiger charge is 2.46. The van der Waals surface area contributed by atoms with Gasteiger partial charge in [0, 0.05) is 18.5 Å². The zero-order chi connectivity index (χ0) is 20.3. The number of nitrogens with zero attached hydrogens (tertiary/aromatic N) is 1. The second-order valence-corrected chi connectivity index (χ2v) is 9.09. The van der Waals surface area contributed by atoms with Gasteiger partial charge in [-0.1, -0.05) is 49.4 Å². The first kappa shape index (κ1) is 20.4. The molecule has 3 rings (SSSR count). The molecule has 0 heterocycles. The van der Waals surface area contributed by atoms with Crippen molar-refractivity contribution in [1.82, 2.24) is 4.90 Å². The fourth-order valence-corrected chi connectivity index (χ4v) is 3.90. The molecule has 2 aromatic rings. The summed E-state index contributed by atoms with van der Waals surface area (Å²) in [6, 6.07) is 17.2. The highest BCUT2D eigenvalue weighted by molar-refractivity contribution is 7.86. The molecule has 0 spiro atoms. The Hall–Kier alpha value is -2.34. The smallest absolute Gasteiger partial charge is 0.306 e. The Morgan fingerprint density at radius 1 is 1.14 bits per heavy atom. The van der Waals surface area contributed by atoms with Crippen molar-refractivity contribution in [3.8, 4) is 5.75 Å². The Kier molecular flexibility index (Phi) is 6.08. The fourth-order valence-electron chi connectivity index (χ4n) is 3.44. The molecule has 0 saturated heterocycles. The molecule has 5 nitrogen and oxygen atoms in total. The number of rotatable bonds is 8. The summed E-state index contributed by atoms with van der Waals surface area (Å²) in [5.41, 5.74) is 2.18. The highest BCUT2D eigenvalue weighted by atomic mass is 32.2. The highest BCUT2D eigenvalue weighted by Crippen LogP contribution is 2.48. The van der Waals surface area contributed by atoms with Crippen LogP contribution in [0.1, 0.15) is 43.7 Å². The molecular weight excluding hydrogens is 374 g/mol. The molecule has 1 aliphatic rings. The van der Waals surface area contributed by atoms with Crippen molar-refractivity contribution in [2.75, 3.05) is 6.26 Å². The van der Waals surface area contributed by atoms with Gasteiger partial charge in [0.15, 0.2) is 0 Å². The summed E-state index contributed by atoms with van der Waals surface area (Å²) in [5, 5.41) is 0. The number of hydrogen-bond acceptors (Lipinski definition) is 4. The summed E-state index contributed by atoms with van der Waals surface area (Å²) in [6.45, 7) is 4.65. The van der Waals surface area contributed by atoms with E-state index in [4.69, 9.17) is 4.18 Å². The third-order valence-electron chi connectivity index (χ3n) is 5.27. The summed E-state index contributed by atoms with van der Waals surface area (Å²) in [6.07, 6.45) is 2.80. The summed E-state index contributed by atoms with van der Waals surface area (Å²) >= 11 is 0. The van der Waals surface area contributed by atoms with Crippen LogP contribution in [0.3, 0.4) is 0 Å². The predicted octanol–water partition coefficient (Wildman–Crippen LogP) is 3.96. The lowest BCUT2D eigenvalue weighted by molar-refractivity contribution is -0.135. The van der Waals surface area contributed by atoms with Crippen LogP contribution in [0, 0.1) is 5.92 Å². The number of carbonyl (C=O) groups is 1. The molecule has 150 valence electrons. The van der Waals surface area contributed by atoms with Gasteiger partial charge >= 0.3 is 10.1 Å². The molecular formula is C22H27NO4S. The van der Waals surface area contributed by atoms with Gasteiger partial charge in [-0.2, -0.15) is 8.42 Å². The molecule has 2 aromatic carbocycles. The van der Waals surface area contributed by atoms with E-state index in [0.29, 0.717) is 12.5 Å². The summed E-state index contributed by atoms with van der Waals surface area (Å²) in [7, 11) is -3.54. The lowest BCUT2D eigenvalue weighted by Crippen LogP contribution is -2.39. The molecule has 3 atom stereocenters. The Labute approximate surface area is 167 Å². The van der Waals surface area contributed by atoms with Gasteiger partial charge < -0.3 is 9.08 Å². The summed E-state index contributed by atoms with van der Waals surface area (Å²) in [5.74, 6) is 0.828. The first-order chi connectivity index (χ1) is 13.3. The zero-order valence-corrected chi connectivity index (χ0v) is 17.4. The normalized spacial score (nSPS) is 19.7. The lowest BCUT2D eigenvalue weighted by Gasteiger charge is -2.29. The first-order valence-electron chi connectivity index (χ1n) is 9.62. The Morgan fingerprint density at radius 3 is 2.36 bits per heavy atom. The van der Waals surface area contributed by atoms with Crippen molar-refractivity contribution < 1.29 is 17.4 Å². The van der Waals surface area contributed by atoms with Crippen molar-refractivity contribution in [2.45, 2.75) is 45.2 Å². The van der Waals surface area contributed by atoms with Crippen LogP contribution in [0.25, 0.3) is 0 Å². The fraction of sp³-hybridized carbons (Fsp3) is 0.409. The minimum Gasteiger partial charge on any atom is -0.383 e. The van der Waals surface area contributed by atoms with Gasteiger partial charge in [-0.15, -0.1) is 0 Å². The van der Waals surface area contributed by atoms with E-state index in [1.165, 1.54) is 5.56 Å². The van der Waals surface area contributed by atoms with E-state index in [1.807, 2.05) is 35.2 Å². The third kappa shape index (κ3) is 5.13. The second kappa shape index (κ2) is 8.35. The van der Waals surface area contributed by atoms with Gasteiger partial charge in [-0.25, -0.2) is 0 Å². The first-order valence-corrected chi connectivity index (χ1v) is 11.4. The van der Waals surface area contributed by atoms with Gasteiger partial charge in [-0.3, -0.25) is 4.79 Å². The quantitative estimate of drug-likeness (QED) is 0.628. The molecule has 0 bridgehead atoms. The molecule has 0 radical (unpaired) electrons. The molecule has 0 aliphatic heterocycles. The van der Waals surface area contributed by atoms with E-state index in [-0.39, 0.29) is 23.6 Å². The van der Waals surface area contributed by atoms with Crippen molar-refractivity contribution in [3.05, 3.63) is 65.7 Å².